The zero-order valence-corrected chi connectivity index (χ0v) is 14.8. The number of benzene rings is 2. The quantitative estimate of drug-likeness (QED) is 0.875. The summed E-state index contributed by atoms with van der Waals surface area (Å²) < 4.78 is 25.4. The fraction of sp³-hybridized carbons (Fsp3) is 0.188. The topological polar surface area (TPSA) is 66.5 Å². The second-order valence-corrected chi connectivity index (χ2v) is 8.17. The third-order valence-corrected chi connectivity index (χ3v) is 6.23. The van der Waals surface area contributed by atoms with E-state index < -0.39 is 15.9 Å². The van der Waals surface area contributed by atoms with Crippen molar-refractivity contribution in [3.63, 3.8) is 0 Å². The second-order valence-electron chi connectivity index (χ2n) is 5.34. The molecule has 3 rings (SSSR count). The summed E-state index contributed by atoms with van der Waals surface area (Å²) in [6, 6.07) is 11.4. The smallest absolute Gasteiger partial charge is 0.257 e. The van der Waals surface area contributed by atoms with Crippen LogP contribution in [0.1, 0.15) is 16.8 Å². The molecule has 0 aromatic heterocycles. The van der Waals surface area contributed by atoms with E-state index in [1.165, 1.54) is 4.31 Å². The molecule has 24 heavy (non-hydrogen) atoms. The van der Waals surface area contributed by atoms with Gasteiger partial charge in [0.1, 0.15) is 0 Å². The number of nitrogens with zero attached hydrogens (tertiary/aromatic N) is 1. The molecule has 5 nitrogen and oxygen atoms in total. The van der Waals surface area contributed by atoms with Gasteiger partial charge in [-0.1, -0.05) is 35.3 Å². The Bertz CT molecular complexity index is 900. The summed E-state index contributed by atoms with van der Waals surface area (Å²) in [7, 11) is -3.30. The predicted octanol–water partition coefficient (Wildman–Crippen LogP) is 3.79. The fourth-order valence-electron chi connectivity index (χ4n) is 2.53. The molecular formula is C16H14Cl2N2O3S. The zero-order valence-electron chi connectivity index (χ0n) is 12.5. The molecule has 8 heteroatoms. The molecule has 2 aromatic rings. The van der Waals surface area contributed by atoms with E-state index in [-0.39, 0.29) is 5.75 Å². The maximum atomic E-state index is 12.4. The summed E-state index contributed by atoms with van der Waals surface area (Å²) in [4.78, 5) is 12.4. The zero-order chi connectivity index (χ0) is 17.3. The van der Waals surface area contributed by atoms with Crippen molar-refractivity contribution < 1.29 is 13.2 Å². The average Bonchev–Trinajstić information content (AvgIpc) is 2.89. The van der Waals surface area contributed by atoms with Crippen LogP contribution in [0.15, 0.2) is 42.5 Å². The van der Waals surface area contributed by atoms with E-state index in [1.807, 2.05) is 0 Å². The van der Waals surface area contributed by atoms with Gasteiger partial charge in [0.05, 0.1) is 32.7 Å². The number of halogens is 2. The first-order valence-electron chi connectivity index (χ1n) is 7.24. The summed E-state index contributed by atoms with van der Waals surface area (Å²) in [5.74, 6) is -0.291. The Balaban J connectivity index is 1.90. The van der Waals surface area contributed by atoms with Gasteiger partial charge in [0.15, 0.2) is 0 Å². The highest BCUT2D eigenvalue weighted by atomic mass is 35.5. The van der Waals surface area contributed by atoms with E-state index in [2.05, 4.69) is 5.32 Å². The third-order valence-electron chi connectivity index (χ3n) is 3.70. The van der Waals surface area contributed by atoms with Gasteiger partial charge in [-0.2, -0.15) is 0 Å². The van der Waals surface area contributed by atoms with Gasteiger partial charge in [-0.25, -0.2) is 8.42 Å². The molecular weight excluding hydrogens is 371 g/mol. The average molecular weight is 385 g/mol. The van der Waals surface area contributed by atoms with Crippen LogP contribution in [0, 0.1) is 0 Å². The molecule has 126 valence electrons. The molecule has 1 heterocycles. The molecule has 0 spiro atoms. The summed E-state index contributed by atoms with van der Waals surface area (Å²) >= 11 is 12.1. The number of carbonyl (C=O) groups is 1. The number of carbonyl (C=O) groups excluding carboxylic acids is 1. The number of anilines is 2. The Morgan fingerprint density at radius 1 is 1.08 bits per heavy atom. The SMILES string of the molecule is O=C(Nc1cc(N2CCCS2(=O)=O)ccc1Cl)c1ccccc1Cl. The second kappa shape index (κ2) is 6.63. The lowest BCUT2D eigenvalue weighted by atomic mass is 10.2. The Labute approximate surface area is 150 Å². The van der Waals surface area contributed by atoms with Crippen LogP contribution in [0.3, 0.4) is 0 Å². The van der Waals surface area contributed by atoms with E-state index in [0.29, 0.717) is 39.9 Å². The van der Waals surface area contributed by atoms with Crippen molar-refractivity contribution in [2.45, 2.75) is 6.42 Å². The number of hydrogen-bond acceptors (Lipinski definition) is 3. The molecule has 0 bridgehead atoms. The van der Waals surface area contributed by atoms with Crippen LogP contribution in [0.25, 0.3) is 0 Å². The fourth-order valence-corrected chi connectivity index (χ4v) is 4.47. The van der Waals surface area contributed by atoms with Crippen molar-refractivity contribution in [2.75, 3.05) is 21.9 Å². The van der Waals surface area contributed by atoms with Crippen LogP contribution in [0.4, 0.5) is 11.4 Å². The van der Waals surface area contributed by atoms with Gasteiger partial charge in [0.25, 0.3) is 5.91 Å². The number of sulfonamides is 1. The summed E-state index contributed by atoms with van der Waals surface area (Å²) in [6.07, 6.45) is 0.576. The first-order chi connectivity index (χ1) is 11.4. The number of hydrogen-bond donors (Lipinski definition) is 1. The number of amides is 1. The van der Waals surface area contributed by atoms with E-state index in [4.69, 9.17) is 23.2 Å². The Morgan fingerprint density at radius 3 is 2.50 bits per heavy atom. The van der Waals surface area contributed by atoms with Crippen LogP contribution >= 0.6 is 23.2 Å². The van der Waals surface area contributed by atoms with E-state index in [9.17, 15) is 13.2 Å². The molecule has 2 aromatic carbocycles. The van der Waals surface area contributed by atoms with Gasteiger partial charge in [-0.05, 0) is 36.8 Å². The predicted molar refractivity (Wildman–Crippen MR) is 96.6 cm³/mol. The highest BCUT2D eigenvalue weighted by Gasteiger charge is 2.28. The maximum absolute atomic E-state index is 12.4. The van der Waals surface area contributed by atoms with Gasteiger partial charge in [-0.15, -0.1) is 0 Å². The molecule has 0 saturated carbocycles. The molecule has 1 N–H and O–H groups in total. The Morgan fingerprint density at radius 2 is 1.83 bits per heavy atom. The van der Waals surface area contributed by atoms with Gasteiger partial charge in [-0.3, -0.25) is 9.10 Å². The van der Waals surface area contributed by atoms with Gasteiger partial charge in [0, 0.05) is 6.54 Å². The van der Waals surface area contributed by atoms with Crippen molar-refractivity contribution in [3.05, 3.63) is 58.1 Å². The number of rotatable bonds is 3. The van der Waals surface area contributed by atoms with Crippen molar-refractivity contribution in [2.24, 2.45) is 0 Å². The van der Waals surface area contributed by atoms with E-state index in [1.54, 1.807) is 42.5 Å². The Kier molecular flexibility index (Phi) is 4.71. The number of nitrogens with one attached hydrogen (secondary N) is 1. The van der Waals surface area contributed by atoms with Gasteiger partial charge in [0.2, 0.25) is 10.0 Å². The van der Waals surface area contributed by atoms with Crippen molar-refractivity contribution in [1.82, 2.24) is 0 Å². The van der Waals surface area contributed by atoms with Crippen molar-refractivity contribution in [3.8, 4) is 0 Å². The molecule has 0 atom stereocenters. The first kappa shape index (κ1) is 17.1. The monoisotopic (exact) mass is 384 g/mol. The largest absolute Gasteiger partial charge is 0.321 e. The van der Waals surface area contributed by atoms with E-state index in [0.717, 1.165) is 0 Å². The van der Waals surface area contributed by atoms with Gasteiger partial charge < -0.3 is 5.32 Å². The minimum atomic E-state index is -3.30. The molecule has 1 aliphatic heterocycles. The molecule has 1 fully saturated rings. The minimum absolute atomic E-state index is 0.122. The molecule has 0 unspecified atom stereocenters. The molecule has 1 amide bonds. The first-order valence-corrected chi connectivity index (χ1v) is 9.61. The lowest BCUT2D eigenvalue weighted by Crippen LogP contribution is -2.25. The van der Waals surface area contributed by atoms with Gasteiger partial charge >= 0.3 is 0 Å². The lowest BCUT2D eigenvalue weighted by Gasteiger charge is -2.18. The molecule has 1 aliphatic rings. The standard InChI is InChI=1S/C16H14Cl2N2O3S/c17-13-5-2-1-4-12(13)16(21)19-15-10-11(6-7-14(15)18)20-8-3-9-24(20,22)23/h1-2,4-7,10H,3,8-9H2,(H,19,21). The van der Waals surface area contributed by atoms with E-state index >= 15 is 0 Å². The summed E-state index contributed by atoms with van der Waals surface area (Å²) in [5, 5.41) is 3.32. The lowest BCUT2D eigenvalue weighted by molar-refractivity contribution is 0.102. The summed E-state index contributed by atoms with van der Waals surface area (Å²) in [6.45, 7) is 0.419. The van der Waals surface area contributed by atoms with Crippen LogP contribution in [-0.4, -0.2) is 26.6 Å². The molecule has 0 aliphatic carbocycles. The minimum Gasteiger partial charge on any atom is -0.321 e. The Hall–Kier alpha value is -1.76. The molecule has 0 radical (unpaired) electrons. The molecule has 1 saturated heterocycles. The highest BCUT2D eigenvalue weighted by Crippen LogP contribution is 2.31. The highest BCUT2D eigenvalue weighted by molar-refractivity contribution is 7.93. The van der Waals surface area contributed by atoms with Crippen LogP contribution < -0.4 is 9.62 Å². The van der Waals surface area contributed by atoms with Crippen molar-refractivity contribution >= 4 is 50.5 Å². The third kappa shape index (κ3) is 3.36. The summed E-state index contributed by atoms with van der Waals surface area (Å²) in [5.41, 5.74) is 1.13. The van der Waals surface area contributed by atoms with Crippen molar-refractivity contribution in [1.29, 1.82) is 0 Å². The normalized spacial score (nSPS) is 16.2. The van der Waals surface area contributed by atoms with Crippen LogP contribution in [0.5, 0.6) is 0 Å². The van der Waals surface area contributed by atoms with Crippen LogP contribution in [0.2, 0.25) is 10.0 Å². The maximum Gasteiger partial charge on any atom is 0.257 e. The van der Waals surface area contributed by atoms with Crippen LogP contribution in [-0.2, 0) is 10.0 Å².